The highest BCUT2D eigenvalue weighted by Gasteiger charge is 1.98. The smallest absolute Gasteiger partial charge is 0.115 e. The second-order valence-electron chi connectivity index (χ2n) is 14.1. The first-order valence-corrected chi connectivity index (χ1v) is 20.1. The van der Waals surface area contributed by atoms with Gasteiger partial charge >= 0.3 is 0 Å². The first kappa shape index (κ1) is 40.0. The highest BCUT2D eigenvalue weighted by molar-refractivity contribution is 5.25. The summed E-state index contributed by atoms with van der Waals surface area (Å²) in [6, 6.07) is 7.72. The number of aryl methyl sites for hydroxylation is 1. The van der Waals surface area contributed by atoms with Crippen molar-refractivity contribution >= 4 is 0 Å². The summed E-state index contributed by atoms with van der Waals surface area (Å²) in [5.74, 6) is 0.375. The molecule has 0 bridgehead atoms. The van der Waals surface area contributed by atoms with Crippen LogP contribution in [0.25, 0.3) is 0 Å². The average molecular weight is 599 g/mol. The Balaban J connectivity index is 1.62. The monoisotopic (exact) mass is 599 g/mol. The fourth-order valence-electron chi connectivity index (χ4n) is 6.72. The lowest BCUT2D eigenvalue weighted by Crippen LogP contribution is -1.86. The second kappa shape index (κ2) is 33.9. The topological polar surface area (TPSA) is 20.2 Å². The number of hydrogen-bond acceptors (Lipinski definition) is 1. The van der Waals surface area contributed by atoms with E-state index in [4.69, 9.17) is 0 Å². The van der Waals surface area contributed by atoms with Crippen LogP contribution >= 0.6 is 0 Å². The van der Waals surface area contributed by atoms with E-state index in [0.717, 1.165) is 6.42 Å². The van der Waals surface area contributed by atoms with Crippen molar-refractivity contribution in [1.29, 1.82) is 0 Å². The summed E-state index contributed by atoms with van der Waals surface area (Å²) in [6.45, 7) is 2.31. The van der Waals surface area contributed by atoms with E-state index in [1.165, 1.54) is 224 Å². The lowest BCUT2D eigenvalue weighted by atomic mass is 10.0. The molecule has 0 fully saturated rings. The van der Waals surface area contributed by atoms with Gasteiger partial charge in [0.15, 0.2) is 0 Å². The highest BCUT2D eigenvalue weighted by atomic mass is 16.3. The van der Waals surface area contributed by atoms with Gasteiger partial charge in [0.25, 0.3) is 0 Å². The maximum absolute atomic E-state index is 9.35. The zero-order valence-electron chi connectivity index (χ0n) is 29.5. The van der Waals surface area contributed by atoms with Crippen LogP contribution in [0.3, 0.4) is 0 Å². The Hall–Kier alpha value is -0.980. The highest BCUT2D eigenvalue weighted by Crippen LogP contribution is 2.18. The number of aromatic hydroxyl groups is 1. The zero-order chi connectivity index (χ0) is 30.7. The Morgan fingerprint density at radius 1 is 0.302 bits per heavy atom. The molecule has 1 heteroatoms. The quantitative estimate of drug-likeness (QED) is 0.0770. The number of rotatable bonds is 35. The predicted molar refractivity (Wildman–Crippen MR) is 194 cm³/mol. The van der Waals surface area contributed by atoms with E-state index in [1.807, 2.05) is 0 Å². The van der Waals surface area contributed by atoms with Crippen molar-refractivity contribution in [3.8, 4) is 5.75 Å². The van der Waals surface area contributed by atoms with Crippen LogP contribution in [-0.4, -0.2) is 5.11 Å². The van der Waals surface area contributed by atoms with Crippen molar-refractivity contribution in [2.75, 3.05) is 0 Å². The molecule has 0 saturated carbocycles. The third-order valence-corrected chi connectivity index (χ3v) is 9.76. The van der Waals surface area contributed by atoms with Gasteiger partial charge in [-0.3, -0.25) is 0 Å². The van der Waals surface area contributed by atoms with Crippen molar-refractivity contribution in [3.63, 3.8) is 0 Å². The van der Waals surface area contributed by atoms with Crippen molar-refractivity contribution in [3.05, 3.63) is 29.8 Å². The second-order valence-corrected chi connectivity index (χ2v) is 14.1. The minimum atomic E-state index is 0.375. The number of hydrogen-bond donors (Lipinski definition) is 1. The molecule has 0 radical (unpaired) electrons. The summed E-state index contributed by atoms with van der Waals surface area (Å²) in [5.41, 5.74) is 1.36. The zero-order valence-corrected chi connectivity index (χ0v) is 29.5. The van der Waals surface area contributed by atoms with Crippen LogP contribution in [0, 0.1) is 0 Å². The van der Waals surface area contributed by atoms with Gasteiger partial charge in [-0.1, -0.05) is 231 Å². The van der Waals surface area contributed by atoms with Crippen LogP contribution in [0.5, 0.6) is 5.75 Å². The van der Waals surface area contributed by atoms with Gasteiger partial charge in [-0.15, -0.1) is 0 Å². The van der Waals surface area contributed by atoms with Crippen LogP contribution in [-0.2, 0) is 6.42 Å². The maximum Gasteiger partial charge on any atom is 0.115 e. The molecule has 0 aromatic heterocycles. The van der Waals surface area contributed by atoms with Gasteiger partial charge in [0.2, 0.25) is 0 Å². The van der Waals surface area contributed by atoms with Gasteiger partial charge in [-0.05, 0) is 30.5 Å². The van der Waals surface area contributed by atoms with E-state index < -0.39 is 0 Å². The Labute approximate surface area is 271 Å². The van der Waals surface area contributed by atoms with E-state index in [9.17, 15) is 5.11 Å². The van der Waals surface area contributed by atoms with Crippen LogP contribution in [0.4, 0.5) is 0 Å². The SMILES string of the molecule is CCCCCCCCCCCCCCCCCCCCCCCCCCCCCCCCCCCCc1ccc(O)cc1. The molecular formula is C42H78O. The molecule has 43 heavy (non-hydrogen) atoms. The summed E-state index contributed by atoms with van der Waals surface area (Å²) in [6.07, 6.45) is 50.7. The standard InChI is InChI=1S/C42H78O/c1-2-3-4-5-6-7-8-9-10-11-12-13-14-15-16-17-18-19-20-21-22-23-24-25-26-27-28-29-30-31-32-33-34-35-36-41-37-39-42(43)40-38-41/h37-40,43H,2-36H2,1H3. The molecule has 0 saturated heterocycles. The molecule has 0 spiro atoms. The van der Waals surface area contributed by atoms with Crippen molar-refractivity contribution in [1.82, 2.24) is 0 Å². The molecule has 0 atom stereocenters. The number of phenols is 1. The van der Waals surface area contributed by atoms with Crippen LogP contribution < -0.4 is 0 Å². The molecule has 0 unspecified atom stereocenters. The van der Waals surface area contributed by atoms with Gasteiger partial charge in [0.1, 0.15) is 5.75 Å². The number of benzene rings is 1. The van der Waals surface area contributed by atoms with Gasteiger partial charge in [-0.25, -0.2) is 0 Å². The lowest BCUT2D eigenvalue weighted by Gasteiger charge is -2.05. The molecule has 1 rings (SSSR count). The minimum absolute atomic E-state index is 0.375. The molecule has 0 aliphatic heterocycles. The third-order valence-electron chi connectivity index (χ3n) is 9.76. The summed E-state index contributed by atoms with van der Waals surface area (Å²) in [7, 11) is 0. The maximum atomic E-state index is 9.35. The van der Waals surface area contributed by atoms with E-state index in [2.05, 4.69) is 19.1 Å². The fourth-order valence-corrected chi connectivity index (χ4v) is 6.72. The molecule has 0 amide bonds. The van der Waals surface area contributed by atoms with Crippen LogP contribution in [0.1, 0.15) is 231 Å². The van der Waals surface area contributed by atoms with Crippen molar-refractivity contribution in [2.45, 2.75) is 232 Å². The molecule has 1 aromatic carbocycles. The average Bonchev–Trinajstić information content (AvgIpc) is 3.02. The summed E-state index contributed by atoms with van der Waals surface area (Å²) in [5, 5.41) is 9.35. The predicted octanol–water partition coefficient (Wildman–Crippen LogP) is 15.2. The molecule has 0 aliphatic carbocycles. The van der Waals surface area contributed by atoms with E-state index in [0.29, 0.717) is 5.75 Å². The molecule has 1 nitrogen and oxygen atoms in total. The number of unbranched alkanes of at least 4 members (excludes halogenated alkanes) is 33. The van der Waals surface area contributed by atoms with Gasteiger partial charge in [0, 0.05) is 0 Å². The van der Waals surface area contributed by atoms with Crippen molar-refractivity contribution < 1.29 is 5.11 Å². The molecule has 0 heterocycles. The summed E-state index contributed by atoms with van der Waals surface area (Å²) >= 11 is 0. The van der Waals surface area contributed by atoms with E-state index >= 15 is 0 Å². The van der Waals surface area contributed by atoms with E-state index in [1.54, 1.807) is 12.1 Å². The Morgan fingerprint density at radius 3 is 0.744 bits per heavy atom. The molecule has 0 aliphatic rings. The first-order chi connectivity index (χ1) is 21.3. The lowest BCUT2D eigenvalue weighted by molar-refractivity contribution is 0.475. The number of phenolic OH excluding ortho intramolecular Hbond substituents is 1. The molecular weight excluding hydrogens is 520 g/mol. The van der Waals surface area contributed by atoms with Crippen LogP contribution in [0.2, 0.25) is 0 Å². The van der Waals surface area contributed by atoms with Gasteiger partial charge in [-0.2, -0.15) is 0 Å². The minimum Gasteiger partial charge on any atom is -0.508 e. The van der Waals surface area contributed by atoms with Crippen LogP contribution in [0.15, 0.2) is 24.3 Å². The fraction of sp³-hybridized carbons (Fsp3) is 0.857. The van der Waals surface area contributed by atoms with Crippen molar-refractivity contribution in [2.24, 2.45) is 0 Å². The van der Waals surface area contributed by atoms with E-state index in [-0.39, 0.29) is 0 Å². The summed E-state index contributed by atoms with van der Waals surface area (Å²) < 4.78 is 0. The Kier molecular flexibility index (Phi) is 31.6. The van der Waals surface area contributed by atoms with Gasteiger partial charge < -0.3 is 5.11 Å². The Bertz CT molecular complexity index is 635. The largest absolute Gasteiger partial charge is 0.508 e. The summed E-state index contributed by atoms with van der Waals surface area (Å²) in [4.78, 5) is 0. The first-order valence-electron chi connectivity index (χ1n) is 20.1. The normalized spacial score (nSPS) is 11.5. The molecule has 1 N–H and O–H groups in total. The van der Waals surface area contributed by atoms with Gasteiger partial charge in [0.05, 0.1) is 0 Å². The Morgan fingerprint density at radius 2 is 0.512 bits per heavy atom. The molecule has 1 aromatic rings. The molecule has 252 valence electrons. The third kappa shape index (κ3) is 30.8.